The van der Waals surface area contributed by atoms with Gasteiger partial charge in [-0.15, -0.1) is 0 Å². The fraction of sp³-hybridized carbons (Fsp3) is 0.455. The van der Waals surface area contributed by atoms with E-state index >= 15 is 0 Å². The normalized spacial score (nSPS) is 17.9. The van der Waals surface area contributed by atoms with Crippen LogP contribution in [0.3, 0.4) is 0 Å². The number of imide groups is 1. The zero-order valence-corrected chi connectivity index (χ0v) is 17.8. The van der Waals surface area contributed by atoms with Crippen LogP contribution >= 0.6 is 0 Å². The van der Waals surface area contributed by atoms with Crippen molar-refractivity contribution < 1.29 is 27.6 Å². The number of nitriles is 1. The van der Waals surface area contributed by atoms with E-state index in [1.54, 1.807) is 4.90 Å². The second-order valence-electron chi connectivity index (χ2n) is 7.71. The van der Waals surface area contributed by atoms with Crippen LogP contribution in [0.15, 0.2) is 29.3 Å². The molecular formula is C22H23F3N4O3. The van der Waals surface area contributed by atoms with Crippen LogP contribution in [0, 0.1) is 11.3 Å². The predicted octanol–water partition coefficient (Wildman–Crippen LogP) is 2.71. The van der Waals surface area contributed by atoms with Gasteiger partial charge in [-0.1, -0.05) is 6.92 Å². The number of piperazine rings is 1. The van der Waals surface area contributed by atoms with Crippen LogP contribution in [0.2, 0.25) is 0 Å². The van der Waals surface area contributed by atoms with Gasteiger partial charge in [0.1, 0.15) is 0 Å². The lowest BCUT2D eigenvalue weighted by Gasteiger charge is -2.34. The Labute approximate surface area is 183 Å². The number of carbonyl (C=O) groups excluding carboxylic acids is 3. The highest BCUT2D eigenvalue weighted by atomic mass is 19.4. The van der Waals surface area contributed by atoms with Crippen molar-refractivity contribution in [2.75, 3.05) is 37.6 Å². The summed E-state index contributed by atoms with van der Waals surface area (Å²) in [6.45, 7) is 6.27. The summed E-state index contributed by atoms with van der Waals surface area (Å²) in [6.07, 6.45) is -4.07. The molecule has 2 aliphatic rings. The Kier molecular flexibility index (Phi) is 6.69. The third-order valence-electron chi connectivity index (χ3n) is 5.83. The minimum absolute atomic E-state index is 0.0936. The maximum Gasteiger partial charge on any atom is 0.417 e. The average molecular weight is 448 g/mol. The van der Waals surface area contributed by atoms with E-state index in [-0.39, 0.29) is 29.2 Å². The van der Waals surface area contributed by atoms with Crippen LogP contribution in [-0.4, -0.2) is 60.2 Å². The third-order valence-corrected chi connectivity index (χ3v) is 5.83. The molecule has 0 radical (unpaired) electrons. The number of anilines is 1. The molecule has 0 atom stereocenters. The van der Waals surface area contributed by atoms with Crippen LogP contribution in [-0.2, 0) is 20.6 Å². The van der Waals surface area contributed by atoms with Gasteiger partial charge in [0, 0.05) is 50.3 Å². The highest BCUT2D eigenvalue weighted by molar-refractivity contribution is 6.32. The predicted molar refractivity (Wildman–Crippen MR) is 109 cm³/mol. The molecule has 3 amide bonds. The molecule has 1 aromatic carbocycles. The van der Waals surface area contributed by atoms with Crippen molar-refractivity contribution in [1.29, 1.82) is 5.26 Å². The minimum atomic E-state index is -4.79. The first kappa shape index (κ1) is 23.5. The van der Waals surface area contributed by atoms with Gasteiger partial charge in [-0.2, -0.15) is 18.4 Å². The maximum absolute atomic E-state index is 13.3. The van der Waals surface area contributed by atoms with Crippen LogP contribution in [0.1, 0.15) is 37.8 Å². The molecule has 1 fully saturated rings. The van der Waals surface area contributed by atoms with Crippen molar-refractivity contribution in [3.63, 3.8) is 0 Å². The van der Waals surface area contributed by atoms with E-state index in [1.807, 2.05) is 6.92 Å². The van der Waals surface area contributed by atoms with Crippen LogP contribution in [0.5, 0.6) is 0 Å². The zero-order chi connectivity index (χ0) is 23.6. The minimum Gasteiger partial charge on any atom is -0.340 e. The average Bonchev–Trinajstić information content (AvgIpc) is 2.99. The highest BCUT2D eigenvalue weighted by Gasteiger charge is 2.39. The summed E-state index contributed by atoms with van der Waals surface area (Å²) < 4.78 is 39.9. The zero-order valence-electron chi connectivity index (χ0n) is 17.8. The fourth-order valence-electron chi connectivity index (χ4n) is 3.93. The highest BCUT2D eigenvalue weighted by Crippen LogP contribution is 2.36. The van der Waals surface area contributed by atoms with E-state index < -0.39 is 29.1 Å². The summed E-state index contributed by atoms with van der Waals surface area (Å²) in [6, 6.07) is 4.27. The first-order chi connectivity index (χ1) is 15.1. The van der Waals surface area contributed by atoms with Crippen molar-refractivity contribution in [3.05, 3.63) is 40.5 Å². The number of rotatable bonds is 5. The molecule has 7 nitrogen and oxygen atoms in total. The SMILES string of the molecule is CCC(=O)N1CCN(CCC2=C(C)C(=O)N(c3ccc(C#N)c(C(F)(F)F)c3)C2=O)CC1. The number of nitrogens with zero attached hydrogens (tertiary/aromatic N) is 4. The largest absolute Gasteiger partial charge is 0.417 e. The molecule has 0 N–H and O–H groups in total. The monoisotopic (exact) mass is 448 g/mol. The molecule has 2 heterocycles. The molecule has 0 saturated carbocycles. The number of hydrogen-bond acceptors (Lipinski definition) is 5. The first-order valence-electron chi connectivity index (χ1n) is 10.3. The molecule has 0 spiro atoms. The molecule has 2 aliphatic heterocycles. The lowest BCUT2D eigenvalue weighted by molar-refractivity contribution is -0.138. The van der Waals surface area contributed by atoms with Gasteiger partial charge in [0.15, 0.2) is 0 Å². The van der Waals surface area contributed by atoms with Gasteiger partial charge < -0.3 is 4.90 Å². The summed E-state index contributed by atoms with van der Waals surface area (Å²) in [5, 5.41) is 8.95. The van der Waals surface area contributed by atoms with Gasteiger partial charge in [-0.25, -0.2) is 4.90 Å². The number of amides is 3. The molecule has 0 unspecified atom stereocenters. The van der Waals surface area contributed by atoms with Crippen molar-refractivity contribution in [2.24, 2.45) is 0 Å². The summed E-state index contributed by atoms with van der Waals surface area (Å²) >= 11 is 0. The van der Waals surface area contributed by atoms with Gasteiger partial charge >= 0.3 is 6.18 Å². The van der Waals surface area contributed by atoms with Crippen molar-refractivity contribution in [3.8, 4) is 6.07 Å². The van der Waals surface area contributed by atoms with Crippen molar-refractivity contribution >= 4 is 23.4 Å². The Morgan fingerprint density at radius 3 is 2.34 bits per heavy atom. The van der Waals surface area contributed by atoms with Gasteiger partial charge in [0.05, 0.1) is 22.9 Å². The summed E-state index contributed by atoms with van der Waals surface area (Å²) in [5.41, 5.74) is -1.52. The molecule has 0 aromatic heterocycles. The Bertz CT molecular complexity index is 1020. The number of hydrogen-bond donors (Lipinski definition) is 0. The van der Waals surface area contributed by atoms with Gasteiger partial charge in [-0.3, -0.25) is 19.3 Å². The Balaban J connectivity index is 1.72. The van der Waals surface area contributed by atoms with Gasteiger partial charge in [0.25, 0.3) is 11.8 Å². The number of halogens is 3. The van der Waals surface area contributed by atoms with E-state index in [0.717, 1.165) is 11.0 Å². The topological polar surface area (TPSA) is 84.7 Å². The first-order valence-corrected chi connectivity index (χ1v) is 10.3. The number of carbonyl (C=O) groups is 3. The maximum atomic E-state index is 13.3. The molecule has 10 heteroatoms. The second-order valence-corrected chi connectivity index (χ2v) is 7.71. The lowest BCUT2D eigenvalue weighted by Crippen LogP contribution is -2.48. The van der Waals surface area contributed by atoms with Crippen molar-refractivity contribution in [1.82, 2.24) is 9.80 Å². The summed E-state index contributed by atoms with van der Waals surface area (Å²) in [5.74, 6) is -1.22. The molecular weight excluding hydrogens is 425 g/mol. The molecule has 170 valence electrons. The molecule has 32 heavy (non-hydrogen) atoms. The standard InChI is InChI=1S/C22H23F3N4O3/c1-3-19(30)28-10-8-27(9-11-28)7-6-17-14(2)20(31)29(21(17)32)16-5-4-15(13-26)18(12-16)22(23,24)25/h4-5,12H,3,6-11H2,1-2H3. The molecule has 1 aromatic rings. The van der Waals surface area contributed by atoms with Crippen LogP contribution in [0.4, 0.5) is 18.9 Å². The van der Waals surface area contributed by atoms with E-state index in [9.17, 15) is 27.6 Å². The second kappa shape index (κ2) is 9.12. The summed E-state index contributed by atoms with van der Waals surface area (Å²) in [7, 11) is 0. The van der Waals surface area contributed by atoms with E-state index in [1.165, 1.54) is 19.1 Å². The lowest BCUT2D eigenvalue weighted by atomic mass is 10.1. The van der Waals surface area contributed by atoms with E-state index in [2.05, 4.69) is 4.90 Å². The summed E-state index contributed by atoms with van der Waals surface area (Å²) in [4.78, 5) is 42.0. The van der Waals surface area contributed by atoms with Gasteiger partial charge in [-0.05, 0) is 31.5 Å². The quantitative estimate of drug-likeness (QED) is 0.647. The molecule has 3 rings (SSSR count). The Morgan fingerprint density at radius 1 is 1.12 bits per heavy atom. The van der Waals surface area contributed by atoms with E-state index in [4.69, 9.17) is 5.26 Å². The Hall–Kier alpha value is -3.19. The van der Waals surface area contributed by atoms with Crippen LogP contribution in [0.25, 0.3) is 0 Å². The third kappa shape index (κ3) is 4.53. The smallest absolute Gasteiger partial charge is 0.340 e. The molecule has 1 saturated heterocycles. The fourth-order valence-corrected chi connectivity index (χ4v) is 3.93. The molecule has 0 aliphatic carbocycles. The Morgan fingerprint density at radius 2 is 1.78 bits per heavy atom. The number of benzene rings is 1. The molecule has 0 bridgehead atoms. The number of alkyl halides is 3. The van der Waals surface area contributed by atoms with Crippen molar-refractivity contribution in [2.45, 2.75) is 32.9 Å². The van der Waals surface area contributed by atoms with Crippen LogP contribution < -0.4 is 4.90 Å². The van der Waals surface area contributed by atoms with Gasteiger partial charge in [0.2, 0.25) is 5.91 Å². The van der Waals surface area contributed by atoms with E-state index in [0.29, 0.717) is 45.2 Å².